The number of carbonyl (C=O) groups is 2. The van der Waals surface area contributed by atoms with Gasteiger partial charge in [-0.05, 0) is 61.6 Å². The van der Waals surface area contributed by atoms with Crippen LogP contribution < -0.4 is 15.4 Å². The lowest BCUT2D eigenvalue weighted by atomic mass is 10.1. The third kappa shape index (κ3) is 5.13. The van der Waals surface area contributed by atoms with Crippen LogP contribution in [0.25, 0.3) is 0 Å². The number of carbonyl (C=O) groups excluding carboxylic acids is 2. The molecular formula is C22H25BrN2O3. The van der Waals surface area contributed by atoms with Crippen LogP contribution in [0.2, 0.25) is 0 Å². The van der Waals surface area contributed by atoms with Gasteiger partial charge in [0, 0.05) is 21.8 Å². The van der Waals surface area contributed by atoms with E-state index in [-0.39, 0.29) is 17.7 Å². The predicted molar refractivity (Wildman–Crippen MR) is 115 cm³/mol. The fourth-order valence-electron chi connectivity index (χ4n) is 2.74. The molecule has 1 aliphatic carbocycles. The van der Waals surface area contributed by atoms with Crippen molar-refractivity contribution in [3.63, 3.8) is 0 Å². The number of ether oxygens (including phenoxy) is 1. The van der Waals surface area contributed by atoms with Gasteiger partial charge in [0.25, 0.3) is 5.91 Å². The Hall–Kier alpha value is -2.34. The van der Waals surface area contributed by atoms with Crippen LogP contribution in [0.15, 0.2) is 40.9 Å². The predicted octanol–water partition coefficient (Wildman–Crippen LogP) is 5.39. The molecule has 6 heteroatoms. The van der Waals surface area contributed by atoms with E-state index in [0.29, 0.717) is 29.5 Å². The van der Waals surface area contributed by atoms with Crippen LogP contribution in [-0.2, 0) is 4.79 Å². The van der Waals surface area contributed by atoms with E-state index in [2.05, 4.69) is 40.4 Å². The Morgan fingerprint density at radius 2 is 1.82 bits per heavy atom. The van der Waals surface area contributed by atoms with Gasteiger partial charge in [0.05, 0.1) is 12.2 Å². The first-order valence-corrected chi connectivity index (χ1v) is 10.3. The van der Waals surface area contributed by atoms with Gasteiger partial charge in [0.1, 0.15) is 5.75 Å². The summed E-state index contributed by atoms with van der Waals surface area (Å²) in [6, 6.07) is 10.9. The molecule has 3 rings (SSSR count). The minimum atomic E-state index is -0.256. The van der Waals surface area contributed by atoms with E-state index in [0.717, 1.165) is 28.6 Å². The minimum Gasteiger partial charge on any atom is -0.492 e. The third-order valence-corrected chi connectivity index (χ3v) is 5.04. The van der Waals surface area contributed by atoms with E-state index >= 15 is 0 Å². The third-order valence-electron chi connectivity index (χ3n) is 4.55. The first kappa shape index (κ1) is 20.4. The highest BCUT2D eigenvalue weighted by Gasteiger charge is 2.30. The number of hydrogen-bond donors (Lipinski definition) is 2. The van der Waals surface area contributed by atoms with Gasteiger partial charge in [-0.2, -0.15) is 0 Å². The SMILES string of the molecule is Cc1c(NC(=O)c2cc(Br)ccc2OCC(C)C)cccc1NC(=O)C1CC1. The summed E-state index contributed by atoms with van der Waals surface area (Å²) in [5, 5.41) is 5.91. The maximum absolute atomic E-state index is 12.9. The van der Waals surface area contributed by atoms with E-state index in [4.69, 9.17) is 4.74 Å². The topological polar surface area (TPSA) is 67.4 Å². The van der Waals surface area contributed by atoms with Crippen LogP contribution in [0, 0.1) is 18.8 Å². The quantitative estimate of drug-likeness (QED) is 0.600. The second-order valence-electron chi connectivity index (χ2n) is 7.54. The highest BCUT2D eigenvalue weighted by atomic mass is 79.9. The Kier molecular flexibility index (Phi) is 6.39. The number of hydrogen-bond acceptors (Lipinski definition) is 3. The number of benzene rings is 2. The molecule has 1 saturated carbocycles. The molecule has 28 heavy (non-hydrogen) atoms. The van der Waals surface area contributed by atoms with Crippen molar-refractivity contribution in [3.05, 3.63) is 52.0 Å². The zero-order chi connectivity index (χ0) is 20.3. The number of anilines is 2. The summed E-state index contributed by atoms with van der Waals surface area (Å²) in [4.78, 5) is 25.0. The molecule has 2 aromatic carbocycles. The van der Waals surface area contributed by atoms with Crippen molar-refractivity contribution in [1.82, 2.24) is 0 Å². The van der Waals surface area contributed by atoms with Crippen molar-refractivity contribution in [2.24, 2.45) is 11.8 Å². The average molecular weight is 445 g/mol. The second kappa shape index (κ2) is 8.78. The van der Waals surface area contributed by atoms with Crippen molar-refractivity contribution >= 4 is 39.1 Å². The molecule has 1 fully saturated rings. The molecule has 2 N–H and O–H groups in total. The van der Waals surface area contributed by atoms with E-state index in [1.807, 2.05) is 31.2 Å². The largest absolute Gasteiger partial charge is 0.492 e. The van der Waals surface area contributed by atoms with Gasteiger partial charge in [-0.3, -0.25) is 9.59 Å². The molecule has 148 valence electrons. The number of amides is 2. The molecule has 1 aliphatic rings. The standard InChI is InChI=1S/C22H25BrN2O3/c1-13(2)12-28-20-10-9-16(23)11-17(20)22(27)25-19-6-4-5-18(14(19)3)24-21(26)15-7-8-15/h4-6,9-11,13,15H,7-8,12H2,1-3H3,(H,24,26)(H,25,27). The molecule has 0 heterocycles. The summed E-state index contributed by atoms with van der Waals surface area (Å²) in [5.74, 6) is 0.815. The molecule has 0 aliphatic heterocycles. The lowest BCUT2D eigenvalue weighted by Crippen LogP contribution is -2.17. The Balaban J connectivity index is 1.79. The van der Waals surface area contributed by atoms with Crippen LogP contribution in [-0.4, -0.2) is 18.4 Å². The average Bonchev–Trinajstić information content (AvgIpc) is 3.49. The van der Waals surface area contributed by atoms with Gasteiger partial charge in [-0.15, -0.1) is 0 Å². The lowest BCUT2D eigenvalue weighted by Gasteiger charge is -2.16. The van der Waals surface area contributed by atoms with Gasteiger partial charge in [0.2, 0.25) is 5.91 Å². The number of nitrogens with one attached hydrogen (secondary N) is 2. The molecule has 0 radical (unpaired) electrons. The van der Waals surface area contributed by atoms with Crippen molar-refractivity contribution in [2.45, 2.75) is 33.6 Å². The van der Waals surface area contributed by atoms with E-state index in [9.17, 15) is 9.59 Å². The lowest BCUT2D eigenvalue weighted by molar-refractivity contribution is -0.117. The van der Waals surface area contributed by atoms with Crippen LogP contribution in [0.4, 0.5) is 11.4 Å². The molecule has 0 saturated heterocycles. The van der Waals surface area contributed by atoms with Crippen molar-refractivity contribution in [2.75, 3.05) is 17.2 Å². The maximum Gasteiger partial charge on any atom is 0.259 e. The fourth-order valence-corrected chi connectivity index (χ4v) is 3.10. The monoisotopic (exact) mass is 444 g/mol. The molecule has 2 aromatic rings. The Morgan fingerprint density at radius 3 is 2.46 bits per heavy atom. The molecule has 0 unspecified atom stereocenters. The normalized spacial score (nSPS) is 13.3. The second-order valence-corrected chi connectivity index (χ2v) is 8.46. The van der Waals surface area contributed by atoms with Crippen molar-refractivity contribution in [3.8, 4) is 5.75 Å². The molecule has 0 bridgehead atoms. The highest BCUT2D eigenvalue weighted by molar-refractivity contribution is 9.10. The molecule has 5 nitrogen and oxygen atoms in total. The maximum atomic E-state index is 12.9. The van der Waals surface area contributed by atoms with Gasteiger partial charge in [0.15, 0.2) is 0 Å². The minimum absolute atomic E-state index is 0.0444. The van der Waals surface area contributed by atoms with E-state index in [1.165, 1.54) is 0 Å². The first-order chi connectivity index (χ1) is 13.3. The number of halogens is 1. The van der Waals surface area contributed by atoms with Gasteiger partial charge in [-0.1, -0.05) is 35.8 Å². The van der Waals surface area contributed by atoms with Crippen LogP contribution in [0.3, 0.4) is 0 Å². The van der Waals surface area contributed by atoms with Crippen molar-refractivity contribution < 1.29 is 14.3 Å². The summed E-state index contributed by atoms with van der Waals surface area (Å²) in [6.07, 6.45) is 1.90. The van der Waals surface area contributed by atoms with Crippen molar-refractivity contribution in [1.29, 1.82) is 0 Å². The van der Waals surface area contributed by atoms with E-state index < -0.39 is 0 Å². The molecule has 0 atom stereocenters. The summed E-state index contributed by atoms with van der Waals surface area (Å²) in [6.45, 7) is 6.53. The smallest absolute Gasteiger partial charge is 0.259 e. The Morgan fingerprint density at radius 1 is 1.14 bits per heavy atom. The Bertz CT molecular complexity index is 891. The first-order valence-electron chi connectivity index (χ1n) is 9.49. The van der Waals surface area contributed by atoms with E-state index in [1.54, 1.807) is 12.1 Å². The van der Waals surface area contributed by atoms with Gasteiger partial charge < -0.3 is 15.4 Å². The van der Waals surface area contributed by atoms with Crippen LogP contribution in [0.5, 0.6) is 5.75 Å². The molecule has 2 amide bonds. The zero-order valence-corrected chi connectivity index (χ0v) is 17.9. The molecule has 0 spiro atoms. The zero-order valence-electron chi connectivity index (χ0n) is 16.3. The van der Waals surface area contributed by atoms with Gasteiger partial charge >= 0.3 is 0 Å². The van der Waals surface area contributed by atoms with Crippen LogP contribution in [0.1, 0.15) is 42.6 Å². The molecular weight excluding hydrogens is 420 g/mol. The van der Waals surface area contributed by atoms with Gasteiger partial charge in [-0.25, -0.2) is 0 Å². The number of rotatable bonds is 7. The summed E-state index contributed by atoms with van der Waals surface area (Å²) >= 11 is 3.42. The van der Waals surface area contributed by atoms with Crippen LogP contribution >= 0.6 is 15.9 Å². The summed E-state index contributed by atoms with van der Waals surface area (Å²) in [5.41, 5.74) is 2.67. The Labute approximate surface area is 174 Å². The summed E-state index contributed by atoms with van der Waals surface area (Å²) in [7, 11) is 0. The highest BCUT2D eigenvalue weighted by Crippen LogP contribution is 2.32. The summed E-state index contributed by atoms with van der Waals surface area (Å²) < 4.78 is 6.62. The molecule has 0 aromatic heterocycles. The fraction of sp³-hybridized carbons (Fsp3) is 0.364.